The van der Waals surface area contributed by atoms with Gasteiger partial charge in [-0.25, -0.2) is 4.79 Å². The normalized spacial score (nSPS) is 18.5. The number of hydrogen-bond donors (Lipinski definition) is 1. The van der Waals surface area contributed by atoms with Gasteiger partial charge in [0.2, 0.25) is 0 Å². The molecule has 0 aromatic heterocycles. The summed E-state index contributed by atoms with van der Waals surface area (Å²) in [5.41, 5.74) is 0. The maximum absolute atomic E-state index is 13.2. The van der Waals surface area contributed by atoms with Crippen molar-refractivity contribution in [2.45, 2.75) is 49.6 Å². The number of rotatable bonds is 6. The summed E-state index contributed by atoms with van der Waals surface area (Å²) < 4.78 is 101. The molecule has 1 unspecified atom stereocenters. The minimum absolute atomic E-state index is 0.458. The maximum Gasteiger partial charge on any atom is 0.432 e. The van der Waals surface area contributed by atoms with E-state index in [1.165, 1.54) is 0 Å². The first-order valence-electron chi connectivity index (χ1n) is 7.04. The van der Waals surface area contributed by atoms with E-state index >= 15 is 0 Å². The van der Waals surface area contributed by atoms with Crippen LogP contribution in [-0.4, -0.2) is 49.1 Å². The van der Waals surface area contributed by atoms with Crippen LogP contribution >= 0.6 is 0 Å². The molecule has 0 heterocycles. The summed E-state index contributed by atoms with van der Waals surface area (Å²) >= 11 is 0. The number of halogens is 5. The minimum Gasteiger partial charge on any atom is -0.453 e. The molecule has 1 fully saturated rings. The second-order valence-electron chi connectivity index (χ2n) is 5.39. The van der Waals surface area contributed by atoms with Crippen LogP contribution in [0.2, 0.25) is 0 Å². The summed E-state index contributed by atoms with van der Waals surface area (Å²) in [6, 6.07) is 0. The number of alkyl halides is 5. The molecule has 13 heteroatoms. The van der Waals surface area contributed by atoms with Gasteiger partial charge in [0.05, 0.1) is 5.92 Å². The molecule has 1 atom stereocenters. The first-order chi connectivity index (χ1) is 11.3. The largest absolute Gasteiger partial charge is 0.453 e. The van der Waals surface area contributed by atoms with E-state index in [2.05, 4.69) is 9.47 Å². The van der Waals surface area contributed by atoms with Crippen molar-refractivity contribution < 1.29 is 54.0 Å². The number of carbonyl (C=O) groups excluding carboxylic acids is 2. The third-order valence-corrected chi connectivity index (χ3v) is 4.37. The number of ether oxygens (including phenoxy) is 2. The fraction of sp³-hybridized carbons (Fsp3) is 0.833. The van der Waals surface area contributed by atoms with Gasteiger partial charge in [-0.15, -0.1) is 0 Å². The second-order valence-corrected chi connectivity index (χ2v) is 6.89. The van der Waals surface area contributed by atoms with Crippen LogP contribution in [0.15, 0.2) is 0 Å². The van der Waals surface area contributed by atoms with Crippen molar-refractivity contribution in [3.63, 3.8) is 0 Å². The van der Waals surface area contributed by atoms with Gasteiger partial charge in [-0.2, -0.15) is 30.4 Å². The van der Waals surface area contributed by atoms with Gasteiger partial charge in [0.25, 0.3) is 6.10 Å². The molecular formula is C12H15F5O7S. The predicted octanol–water partition coefficient (Wildman–Crippen LogP) is 2.06. The molecule has 7 nitrogen and oxygen atoms in total. The van der Waals surface area contributed by atoms with Crippen LogP contribution in [0.4, 0.5) is 22.0 Å². The average Bonchev–Trinajstić information content (AvgIpc) is 2.48. The standard InChI is InChI=1S/C12H15F5O7S/c13-11(14,15)10(12(16,17)25(20,21)22)24-8(18)6-23-9(19)7-4-2-1-3-5-7/h7,10H,1-6H2,(H,20,21,22). The molecule has 0 bridgehead atoms. The zero-order valence-electron chi connectivity index (χ0n) is 12.6. The monoisotopic (exact) mass is 398 g/mol. The van der Waals surface area contributed by atoms with Gasteiger partial charge in [-0.1, -0.05) is 19.3 Å². The van der Waals surface area contributed by atoms with Crippen LogP contribution < -0.4 is 0 Å². The van der Waals surface area contributed by atoms with E-state index in [0.717, 1.165) is 19.3 Å². The molecule has 146 valence electrons. The van der Waals surface area contributed by atoms with Crippen LogP contribution in [0.25, 0.3) is 0 Å². The van der Waals surface area contributed by atoms with Crippen molar-refractivity contribution in [1.29, 1.82) is 0 Å². The Kier molecular flexibility index (Phi) is 6.73. The Bertz CT molecular complexity index is 595. The van der Waals surface area contributed by atoms with E-state index in [1.54, 1.807) is 0 Å². The summed E-state index contributed by atoms with van der Waals surface area (Å²) in [4.78, 5) is 22.9. The fourth-order valence-electron chi connectivity index (χ4n) is 2.21. The van der Waals surface area contributed by atoms with Gasteiger partial charge in [0.1, 0.15) is 0 Å². The Labute approximate surface area is 139 Å². The van der Waals surface area contributed by atoms with E-state index in [4.69, 9.17) is 4.55 Å². The van der Waals surface area contributed by atoms with Crippen molar-refractivity contribution in [2.75, 3.05) is 6.61 Å². The number of carbonyl (C=O) groups is 2. The predicted molar refractivity (Wildman–Crippen MR) is 70.0 cm³/mol. The smallest absolute Gasteiger partial charge is 0.432 e. The van der Waals surface area contributed by atoms with Crippen LogP contribution in [0, 0.1) is 5.92 Å². The van der Waals surface area contributed by atoms with E-state index in [-0.39, 0.29) is 0 Å². The van der Waals surface area contributed by atoms with E-state index in [9.17, 15) is 40.0 Å². The Morgan fingerprint density at radius 1 is 1.08 bits per heavy atom. The second kappa shape index (κ2) is 7.81. The quantitative estimate of drug-likeness (QED) is 0.415. The summed E-state index contributed by atoms with van der Waals surface area (Å²) in [5.74, 6) is -3.48. The summed E-state index contributed by atoms with van der Waals surface area (Å²) in [6.45, 7) is -1.40. The zero-order chi connectivity index (χ0) is 19.5. The molecule has 0 radical (unpaired) electrons. The number of hydrogen-bond acceptors (Lipinski definition) is 6. The van der Waals surface area contributed by atoms with E-state index < -0.39 is 52.1 Å². The van der Waals surface area contributed by atoms with Gasteiger partial charge in [0, 0.05) is 0 Å². The highest BCUT2D eigenvalue weighted by Gasteiger charge is 2.66. The Hall–Kier alpha value is -1.50. The Morgan fingerprint density at radius 2 is 1.60 bits per heavy atom. The molecule has 1 N–H and O–H groups in total. The van der Waals surface area contributed by atoms with Crippen molar-refractivity contribution in [3.8, 4) is 0 Å². The van der Waals surface area contributed by atoms with Gasteiger partial charge in [-0.3, -0.25) is 9.35 Å². The lowest BCUT2D eigenvalue weighted by atomic mass is 9.89. The van der Waals surface area contributed by atoms with Crippen LogP contribution in [0.5, 0.6) is 0 Å². The molecule has 1 rings (SSSR count). The summed E-state index contributed by atoms with van der Waals surface area (Å²) in [5, 5.41) is -5.83. The topological polar surface area (TPSA) is 107 Å². The van der Waals surface area contributed by atoms with Crippen molar-refractivity contribution in [2.24, 2.45) is 5.92 Å². The SMILES string of the molecule is O=C(COC(=O)C1CCCCC1)OC(C(F)(F)F)C(F)(F)S(=O)(=O)O. The molecule has 0 aliphatic heterocycles. The molecule has 0 aromatic rings. The van der Waals surface area contributed by atoms with Gasteiger partial charge in [0.15, 0.2) is 6.61 Å². The van der Waals surface area contributed by atoms with Crippen LogP contribution in [0.3, 0.4) is 0 Å². The van der Waals surface area contributed by atoms with Gasteiger partial charge >= 0.3 is 33.5 Å². The molecule has 1 saturated carbocycles. The summed E-state index contributed by atoms with van der Waals surface area (Å²) in [6.07, 6.45) is -7.19. The first kappa shape index (κ1) is 21.5. The molecular weight excluding hydrogens is 383 g/mol. The third-order valence-electron chi connectivity index (χ3n) is 3.47. The fourth-order valence-corrected chi connectivity index (χ4v) is 2.67. The van der Waals surface area contributed by atoms with Gasteiger partial charge in [-0.05, 0) is 12.8 Å². The lowest BCUT2D eigenvalue weighted by Gasteiger charge is -2.26. The number of esters is 2. The van der Waals surface area contributed by atoms with E-state index in [1.807, 2.05) is 0 Å². The molecule has 0 aromatic carbocycles. The molecule has 0 amide bonds. The molecule has 25 heavy (non-hydrogen) atoms. The van der Waals surface area contributed by atoms with Gasteiger partial charge < -0.3 is 9.47 Å². The Balaban J connectivity index is 2.71. The van der Waals surface area contributed by atoms with Crippen molar-refractivity contribution in [3.05, 3.63) is 0 Å². The van der Waals surface area contributed by atoms with Crippen molar-refractivity contribution >= 4 is 22.1 Å². The van der Waals surface area contributed by atoms with Crippen molar-refractivity contribution in [1.82, 2.24) is 0 Å². The van der Waals surface area contributed by atoms with Crippen LogP contribution in [0.1, 0.15) is 32.1 Å². The highest BCUT2D eigenvalue weighted by molar-refractivity contribution is 7.86. The third kappa shape index (κ3) is 5.76. The van der Waals surface area contributed by atoms with Crippen LogP contribution in [-0.2, 0) is 29.2 Å². The summed E-state index contributed by atoms with van der Waals surface area (Å²) in [7, 11) is -6.52. The molecule has 1 aliphatic carbocycles. The Morgan fingerprint density at radius 3 is 2.04 bits per heavy atom. The lowest BCUT2D eigenvalue weighted by Crippen LogP contribution is -2.52. The highest BCUT2D eigenvalue weighted by atomic mass is 32.2. The first-order valence-corrected chi connectivity index (χ1v) is 8.48. The zero-order valence-corrected chi connectivity index (χ0v) is 13.4. The highest BCUT2D eigenvalue weighted by Crippen LogP contribution is 2.38. The molecule has 0 saturated heterocycles. The molecule has 0 spiro atoms. The van der Waals surface area contributed by atoms with E-state index in [0.29, 0.717) is 12.8 Å². The average molecular weight is 398 g/mol. The maximum atomic E-state index is 13.2. The minimum atomic E-state index is -6.52. The lowest BCUT2D eigenvalue weighted by molar-refractivity contribution is -0.260. The molecule has 1 aliphatic rings.